The lowest BCUT2D eigenvalue weighted by Gasteiger charge is -1.96. The third-order valence-electron chi connectivity index (χ3n) is 3.19. The van der Waals surface area contributed by atoms with Crippen molar-refractivity contribution in [1.29, 1.82) is 0 Å². The second-order valence-corrected chi connectivity index (χ2v) is 5.49. The Kier molecular flexibility index (Phi) is 2.90. The van der Waals surface area contributed by atoms with Gasteiger partial charge in [0.05, 0.1) is 16.7 Å². The summed E-state index contributed by atoms with van der Waals surface area (Å²) in [5, 5.41) is 6.09. The Morgan fingerprint density at radius 1 is 0.905 bits per heavy atom. The number of aromatic nitrogens is 3. The summed E-state index contributed by atoms with van der Waals surface area (Å²) in [7, 11) is 0. The van der Waals surface area contributed by atoms with E-state index in [2.05, 4.69) is 32.4 Å². The third-order valence-corrected chi connectivity index (χ3v) is 3.95. The summed E-state index contributed by atoms with van der Waals surface area (Å²) in [5.41, 5.74) is 4.05. The van der Waals surface area contributed by atoms with E-state index in [4.69, 9.17) is 0 Å². The van der Waals surface area contributed by atoms with Crippen molar-refractivity contribution in [2.24, 2.45) is 0 Å². The van der Waals surface area contributed by atoms with Crippen LogP contribution in [0.1, 0.15) is 0 Å². The van der Waals surface area contributed by atoms with Gasteiger partial charge in [-0.1, -0.05) is 42.5 Å². The van der Waals surface area contributed by atoms with Gasteiger partial charge < -0.3 is 10.3 Å². The molecule has 0 bridgehead atoms. The second-order valence-electron chi connectivity index (χ2n) is 4.63. The van der Waals surface area contributed by atoms with Gasteiger partial charge in [-0.2, -0.15) is 0 Å². The standard InChI is InChI=1S/C16H12N4S/c1-2-6-11(7-3-1)14-10-21-16(19-14)20-15-17-12-8-4-5-9-13(12)18-15/h1-10H,(H2,17,18,19,20). The van der Waals surface area contributed by atoms with Crippen LogP contribution in [0.25, 0.3) is 22.3 Å². The summed E-state index contributed by atoms with van der Waals surface area (Å²) in [6.45, 7) is 0. The maximum Gasteiger partial charge on any atom is 0.207 e. The van der Waals surface area contributed by atoms with Crippen molar-refractivity contribution in [3.63, 3.8) is 0 Å². The number of thiazole rings is 1. The van der Waals surface area contributed by atoms with Crippen molar-refractivity contribution >= 4 is 33.5 Å². The fraction of sp³-hybridized carbons (Fsp3) is 0. The maximum atomic E-state index is 4.59. The summed E-state index contributed by atoms with van der Waals surface area (Å²) < 4.78 is 0. The van der Waals surface area contributed by atoms with Crippen molar-refractivity contribution in [1.82, 2.24) is 15.0 Å². The Morgan fingerprint density at radius 2 is 1.71 bits per heavy atom. The number of aromatic amines is 1. The largest absolute Gasteiger partial charge is 0.324 e. The number of H-pyrrole nitrogens is 1. The first-order chi connectivity index (χ1) is 10.4. The molecule has 0 saturated heterocycles. The zero-order valence-corrected chi connectivity index (χ0v) is 11.9. The molecular weight excluding hydrogens is 280 g/mol. The van der Waals surface area contributed by atoms with Gasteiger partial charge in [-0.3, -0.25) is 0 Å². The van der Waals surface area contributed by atoms with Crippen LogP contribution >= 0.6 is 11.3 Å². The average molecular weight is 292 g/mol. The van der Waals surface area contributed by atoms with Crippen LogP contribution in [0.15, 0.2) is 60.0 Å². The van der Waals surface area contributed by atoms with Crippen LogP contribution in [-0.2, 0) is 0 Å². The number of para-hydroxylation sites is 2. The first-order valence-corrected chi connectivity index (χ1v) is 7.49. The van der Waals surface area contributed by atoms with Crippen LogP contribution in [0.5, 0.6) is 0 Å². The number of rotatable bonds is 3. The molecule has 0 radical (unpaired) electrons. The number of hydrogen-bond donors (Lipinski definition) is 2. The molecule has 0 atom stereocenters. The third kappa shape index (κ3) is 2.39. The van der Waals surface area contributed by atoms with E-state index in [1.54, 1.807) is 11.3 Å². The summed E-state index contributed by atoms with van der Waals surface area (Å²) in [4.78, 5) is 12.3. The van der Waals surface area contributed by atoms with Crippen molar-refractivity contribution in [3.8, 4) is 11.3 Å². The SMILES string of the molecule is c1ccc(-c2csc(Nc3nc4ccccc4[nH]3)n2)cc1. The number of anilines is 2. The van der Waals surface area contributed by atoms with Gasteiger partial charge in [-0.15, -0.1) is 11.3 Å². The molecular formula is C16H12N4S. The molecule has 0 unspecified atom stereocenters. The highest BCUT2D eigenvalue weighted by Gasteiger charge is 2.07. The Hall–Kier alpha value is -2.66. The molecule has 0 saturated carbocycles. The number of hydrogen-bond acceptors (Lipinski definition) is 4. The van der Waals surface area contributed by atoms with Crippen molar-refractivity contribution < 1.29 is 0 Å². The minimum Gasteiger partial charge on any atom is -0.324 e. The van der Waals surface area contributed by atoms with Gasteiger partial charge in [-0.05, 0) is 12.1 Å². The lowest BCUT2D eigenvalue weighted by molar-refractivity contribution is 1.28. The molecule has 0 aliphatic heterocycles. The first kappa shape index (κ1) is 12.1. The molecule has 5 heteroatoms. The van der Waals surface area contributed by atoms with Crippen LogP contribution in [0.4, 0.5) is 11.1 Å². The predicted molar refractivity (Wildman–Crippen MR) is 86.9 cm³/mol. The number of benzene rings is 2. The summed E-state index contributed by atoms with van der Waals surface area (Å²) in [5.74, 6) is 0.713. The molecule has 21 heavy (non-hydrogen) atoms. The minimum atomic E-state index is 0.713. The fourth-order valence-electron chi connectivity index (χ4n) is 2.19. The van der Waals surface area contributed by atoms with Crippen molar-refractivity contribution in [3.05, 3.63) is 60.0 Å². The Morgan fingerprint density at radius 3 is 2.57 bits per heavy atom. The molecule has 0 aliphatic rings. The molecule has 0 aliphatic carbocycles. The Labute approximate surface area is 125 Å². The van der Waals surface area contributed by atoms with Gasteiger partial charge in [0, 0.05) is 10.9 Å². The molecule has 2 aromatic heterocycles. The number of nitrogens with one attached hydrogen (secondary N) is 2. The number of nitrogens with zero attached hydrogens (tertiary/aromatic N) is 2. The lowest BCUT2D eigenvalue weighted by Crippen LogP contribution is -1.91. The summed E-state index contributed by atoms with van der Waals surface area (Å²) in [6, 6.07) is 18.1. The highest BCUT2D eigenvalue weighted by Crippen LogP contribution is 2.26. The fourth-order valence-corrected chi connectivity index (χ4v) is 2.90. The van der Waals surface area contributed by atoms with Gasteiger partial charge in [0.1, 0.15) is 0 Å². The smallest absolute Gasteiger partial charge is 0.207 e. The zero-order chi connectivity index (χ0) is 14.1. The molecule has 0 fully saturated rings. The van der Waals surface area contributed by atoms with Gasteiger partial charge in [0.15, 0.2) is 5.13 Å². The van der Waals surface area contributed by atoms with E-state index in [1.807, 2.05) is 47.8 Å². The van der Waals surface area contributed by atoms with Crippen LogP contribution in [-0.4, -0.2) is 15.0 Å². The molecule has 2 N–H and O–H groups in total. The van der Waals surface area contributed by atoms with Crippen molar-refractivity contribution in [2.45, 2.75) is 0 Å². The van der Waals surface area contributed by atoms with Crippen molar-refractivity contribution in [2.75, 3.05) is 5.32 Å². The predicted octanol–water partition coefficient (Wildman–Crippen LogP) is 4.43. The van der Waals surface area contributed by atoms with E-state index in [0.29, 0.717) is 5.95 Å². The quantitative estimate of drug-likeness (QED) is 0.587. The summed E-state index contributed by atoms with van der Waals surface area (Å²) >= 11 is 1.57. The highest BCUT2D eigenvalue weighted by molar-refractivity contribution is 7.14. The average Bonchev–Trinajstić information content (AvgIpc) is 3.14. The van der Waals surface area contributed by atoms with Crippen LogP contribution in [0.3, 0.4) is 0 Å². The summed E-state index contributed by atoms with van der Waals surface area (Å²) in [6.07, 6.45) is 0. The molecule has 4 rings (SSSR count). The van der Waals surface area contributed by atoms with Gasteiger partial charge >= 0.3 is 0 Å². The van der Waals surface area contributed by atoms with E-state index in [-0.39, 0.29) is 0 Å². The van der Waals surface area contributed by atoms with Gasteiger partial charge in [0.25, 0.3) is 0 Å². The van der Waals surface area contributed by atoms with E-state index in [9.17, 15) is 0 Å². The molecule has 2 aromatic carbocycles. The van der Waals surface area contributed by atoms with Crippen LogP contribution in [0.2, 0.25) is 0 Å². The van der Waals surface area contributed by atoms with E-state index < -0.39 is 0 Å². The monoisotopic (exact) mass is 292 g/mol. The number of fused-ring (bicyclic) bond motifs is 1. The topological polar surface area (TPSA) is 53.6 Å². The van der Waals surface area contributed by atoms with E-state index >= 15 is 0 Å². The Balaban J connectivity index is 1.61. The Bertz CT molecular complexity index is 846. The highest BCUT2D eigenvalue weighted by atomic mass is 32.1. The van der Waals surface area contributed by atoms with Gasteiger partial charge in [0.2, 0.25) is 5.95 Å². The molecule has 0 amide bonds. The molecule has 2 heterocycles. The zero-order valence-electron chi connectivity index (χ0n) is 11.1. The molecule has 0 spiro atoms. The van der Waals surface area contributed by atoms with E-state index in [1.165, 1.54) is 0 Å². The minimum absolute atomic E-state index is 0.713. The normalized spacial score (nSPS) is 10.9. The number of imidazole rings is 1. The lowest BCUT2D eigenvalue weighted by atomic mass is 10.2. The maximum absolute atomic E-state index is 4.59. The molecule has 102 valence electrons. The second kappa shape index (κ2) is 5.03. The van der Waals surface area contributed by atoms with Crippen LogP contribution < -0.4 is 5.32 Å². The van der Waals surface area contributed by atoms with Gasteiger partial charge in [-0.25, -0.2) is 9.97 Å². The first-order valence-electron chi connectivity index (χ1n) is 6.61. The van der Waals surface area contributed by atoms with E-state index in [0.717, 1.165) is 27.4 Å². The molecule has 4 nitrogen and oxygen atoms in total. The molecule has 4 aromatic rings. The van der Waals surface area contributed by atoms with Crippen LogP contribution in [0, 0.1) is 0 Å².